The second-order valence-corrected chi connectivity index (χ2v) is 3.79. The molecule has 0 aromatic carbocycles. The van der Waals surface area contributed by atoms with Gasteiger partial charge in [-0.3, -0.25) is 0 Å². The molecule has 0 heterocycles. The molecule has 1 aliphatic carbocycles. The molecule has 10 heavy (non-hydrogen) atoms. The minimum Gasteiger partial charge on any atom is -0.396 e. The average molecular weight is 143 g/mol. The molecular formula is C8H17NO. The zero-order valence-electron chi connectivity index (χ0n) is 6.80. The van der Waals surface area contributed by atoms with Gasteiger partial charge in [-0.1, -0.05) is 13.8 Å². The molecule has 0 aliphatic heterocycles. The van der Waals surface area contributed by atoms with Crippen LogP contribution in [0.2, 0.25) is 0 Å². The average Bonchev–Trinajstić information content (AvgIpc) is 2.66. The Morgan fingerprint density at radius 1 is 1.50 bits per heavy atom. The monoisotopic (exact) mass is 143 g/mol. The zero-order chi connectivity index (χ0) is 7.78. The molecule has 1 fully saturated rings. The van der Waals surface area contributed by atoms with Crippen molar-refractivity contribution < 1.29 is 5.11 Å². The number of hydrogen-bond acceptors (Lipinski definition) is 2. The molecule has 2 heteroatoms. The first kappa shape index (κ1) is 8.02. The van der Waals surface area contributed by atoms with Crippen molar-refractivity contribution in [2.45, 2.75) is 32.7 Å². The van der Waals surface area contributed by atoms with Crippen molar-refractivity contribution >= 4 is 0 Å². The first-order valence-electron chi connectivity index (χ1n) is 3.99. The Labute approximate surface area is 62.4 Å². The highest BCUT2D eigenvalue weighted by Gasteiger charge is 2.48. The van der Waals surface area contributed by atoms with E-state index in [2.05, 4.69) is 13.8 Å². The number of aliphatic hydroxyl groups is 1. The quantitative estimate of drug-likeness (QED) is 0.612. The molecule has 2 nitrogen and oxygen atoms in total. The molecule has 0 spiro atoms. The van der Waals surface area contributed by atoms with Gasteiger partial charge in [0, 0.05) is 11.5 Å². The minimum absolute atomic E-state index is 0.105. The van der Waals surface area contributed by atoms with E-state index in [4.69, 9.17) is 10.8 Å². The van der Waals surface area contributed by atoms with Gasteiger partial charge < -0.3 is 10.8 Å². The van der Waals surface area contributed by atoms with Crippen LogP contribution in [0.5, 0.6) is 0 Å². The molecule has 0 saturated heterocycles. The SMILES string of the molecule is CC(C)C(N)C1(CO)CC1. The molecule has 0 aromatic heterocycles. The highest BCUT2D eigenvalue weighted by atomic mass is 16.3. The maximum atomic E-state index is 9.00. The first-order valence-corrected chi connectivity index (χ1v) is 3.99. The Bertz CT molecular complexity index is 118. The Balaban J connectivity index is 2.47. The molecule has 60 valence electrons. The van der Waals surface area contributed by atoms with Crippen LogP contribution in [0.15, 0.2) is 0 Å². The van der Waals surface area contributed by atoms with Gasteiger partial charge >= 0.3 is 0 Å². The number of rotatable bonds is 3. The van der Waals surface area contributed by atoms with Gasteiger partial charge in [-0.2, -0.15) is 0 Å². The predicted molar refractivity (Wildman–Crippen MR) is 41.6 cm³/mol. The van der Waals surface area contributed by atoms with Crippen molar-refractivity contribution in [3.63, 3.8) is 0 Å². The summed E-state index contributed by atoms with van der Waals surface area (Å²) in [6, 6.07) is 0.192. The molecule has 0 amide bonds. The number of aliphatic hydroxyl groups excluding tert-OH is 1. The van der Waals surface area contributed by atoms with Gasteiger partial charge in [0.1, 0.15) is 0 Å². The van der Waals surface area contributed by atoms with Crippen molar-refractivity contribution in [1.82, 2.24) is 0 Å². The lowest BCUT2D eigenvalue weighted by atomic mass is 9.89. The summed E-state index contributed by atoms with van der Waals surface area (Å²) in [5, 5.41) is 9.00. The van der Waals surface area contributed by atoms with Crippen LogP contribution in [-0.2, 0) is 0 Å². The second-order valence-electron chi connectivity index (χ2n) is 3.79. The van der Waals surface area contributed by atoms with E-state index in [0.29, 0.717) is 5.92 Å². The molecule has 1 rings (SSSR count). The van der Waals surface area contributed by atoms with Crippen LogP contribution in [0.25, 0.3) is 0 Å². The van der Waals surface area contributed by atoms with Gasteiger partial charge in [0.2, 0.25) is 0 Å². The van der Waals surface area contributed by atoms with Crippen molar-refractivity contribution in [2.24, 2.45) is 17.1 Å². The lowest BCUT2D eigenvalue weighted by Gasteiger charge is -2.24. The molecule has 3 N–H and O–H groups in total. The highest BCUT2D eigenvalue weighted by Crippen LogP contribution is 2.49. The molecule has 1 unspecified atom stereocenters. The standard InChI is InChI=1S/C8H17NO/c1-6(2)7(9)8(5-10)3-4-8/h6-7,10H,3-5,9H2,1-2H3. The fraction of sp³-hybridized carbons (Fsp3) is 1.00. The largest absolute Gasteiger partial charge is 0.396 e. The van der Waals surface area contributed by atoms with E-state index in [0.717, 1.165) is 12.8 Å². The minimum atomic E-state index is 0.105. The Hall–Kier alpha value is -0.0800. The lowest BCUT2D eigenvalue weighted by molar-refractivity contribution is 0.168. The maximum Gasteiger partial charge on any atom is 0.0502 e. The third-order valence-corrected chi connectivity index (χ3v) is 2.63. The van der Waals surface area contributed by atoms with Gasteiger partial charge in [-0.15, -0.1) is 0 Å². The topological polar surface area (TPSA) is 46.2 Å². The normalized spacial score (nSPS) is 24.9. The van der Waals surface area contributed by atoms with E-state index < -0.39 is 0 Å². The summed E-state index contributed by atoms with van der Waals surface area (Å²) in [4.78, 5) is 0. The molecule has 0 bridgehead atoms. The van der Waals surface area contributed by atoms with Crippen molar-refractivity contribution in [1.29, 1.82) is 0 Å². The van der Waals surface area contributed by atoms with E-state index in [1.165, 1.54) is 0 Å². The van der Waals surface area contributed by atoms with Gasteiger partial charge in [-0.25, -0.2) is 0 Å². The van der Waals surface area contributed by atoms with E-state index in [-0.39, 0.29) is 18.1 Å². The summed E-state index contributed by atoms with van der Waals surface area (Å²) in [6.07, 6.45) is 2.23. The van der Waals surface area contributed by atoms with Crippen molar-refractivity contribution in [3.8, 4) is 0 Å². The number of nitrogens with two attached hydrogens (primary N) is 1. The van der Waals surface area contributed by atoms with Crippen LogP contribution in [0.1, 0.15) is 26.7 Å². The molecule has 1 aliphatic rings. The van der Waals surface area contributed by atoms with Crippen molar-refractivity contribution in [2.75, 3.05) is 6.61 Å². The van der Waals surface area contributed by atoms with E-state index in [1.54, 1.807) is 0 Å². The third kappa shape index (κ3) is 1.18. The predicted octanol–water partition coefficient (Wildman–Crippen LogP) is 0.742. The summed E-state index contributed by atoms with van der Waals surface area (Å²) >= 11 is 0. The molecule has 0 aromatic rings. The fourth-order valence-electron chi connectivity index (χ4n) is 1.46. The zero-order valence-corrected chi connectivity index (χ0v) is 6.80. The van der Waals surface area contributed by atoms with Crippen LogP contribution in [-0.4, -0.2) is 17.8 Å². The molecule has 1 saturated carbocycles. The van der Waals surface area contributed by atoms with E-state index >= 15 is 0 Å². The van der Waals surface area contributed by atoms with Gasteiger partial charge in [0.25, 0.3) is 0 Å². The van der Waals surface area contributed by atoms with Crippen LogP contribution in [0, 0.1) is 11.3 Å². The van der Waals surface area contributed by atoms with Gasteiger partial charge in [-0.05, 0) is 18.8 Å². The summed E-state index contributed by atoms with van der Waals surface area (Å²) < 4.78 is 0. The number of hydrogen-bond donors (Lipinski definition) is 2. The molecule has 1 atom stereocenters. The van der Waals surface area contributed by atoms with Crippen molar-refractivity contribution in [3.05, 3.63) is 0 Å². The Morgan fingerprint density at radius 2 is 2.00 bits per heavy atom. The maximum absolute atomic E-state index is 9.00. The highest BCUT2D eigenvalue weighted by molar-refractivity contribution is 5.01. The summed E-state index contributed by atoms with van der Waals surface area (Å²) in [7, 11) is 0. The van der Waals surface area contributed by atoms with E-state index in [1.807, 2.05) is 0 Å². The van der Waals surface area contributed by atoms with Gasteiger partial charge in [0.05, 0.1) is 6.61 Å². The molecule has 0 radical (unpaired) electrons. The summed E-state index contributed by atoms with van der Waals surface area (Å²) in [5.74, 6) is 0.495. The van der Waals surface area contributed by atoms with Gasteiger partial charge in [0.15, 0.2) is 0 Å². The van der Waals surface area contributed by atoms with E-state index in [9.17, 15) is 0 Å². The Morgan fingerprint density at radius 3 is 2.10 bits per heavy atom. The smallest absolute Gasteiger partial charge is 0.0502 e. The van der Waals surface area contributed by atoms with Crippen LogP contribution in [0.4, 0.5) is 0 Å². The van der Waals surface area contributed by atoms with Crippen LogP contribution in [0.3, 0.4) is 0 Å². The molecular weight excluding hydrogens is 126 g/mol. The van der Waals surface area contributed by atoms with Crippen LogP contribution >= 0.6 is 0 Å². The first-order chi connectivity index (χ1) is 4.62. The van der Waals surface area contributed by atoms with Crippen LogP contribution < -0.4 is 5.73 Å². The summed E-state index contributed by atoms with van der Waals surface area (Å²) in [6.45, 7) is 4.49. The summed E-state index contributed by atoms with van der Waals surface area (Å²) in [5.41, 5.74) is 6.01. The lowest BCUT2D eigenvalue weighted by Crippen LogP contribution is -2.38. The second kappa shape index (κ2) is 2.51. The third-order valence-electron chi connectivity index (χ3n) is 2.63. The Kier molecular flexibility index (Phi) is 2.02. The fourth-order valence-corrected chi connectivity index (χ4v) is 1.46.